The maximum Gasteiger partial charge on any atom is 0.244 e. The van der Waals surface area contributed by atoms with Gasteiger partial charge in [0.15, 0.2) is 5.82 Å². The van der Waals surface area contributed by atoms with Crippen molar-refractivity contribution < 1.29 is 9.53 Å². The molecule has 2 aromatic heterocycles. The number of benzene rings is 1. The highest BCUT2D eigenvalue weighted by Gasteiger charge is 2.01. The van der Waals surface area contributed by atoms with Crippen LogP contribution in [-0.4, -0.2) is 41.3 Å². The van der Waals surface area contributed by atoms with Crippen LogP contribution >= 0.6 is 0 Å². The van der Waals surface area contributed by atoms with Gasteiger partial charge in [-0.25, -0.2) is 4.98 Å². The van der Waals surface area contributed by atoms with E-state index in [4.69, 9.17) is 4.74 Å². The second kappa shape index (κ2) is 10.6. The maximum absolute atomic E-state index is 11.9. The van der Waals surface area contributed by atoms with Gasteiger partial charge in [-0.2, -0.15) is 0 Å². The Morgan fingerprint density at radius 3 is 2.47 bits per heavy atom. The van der Waals surface area contributed by atoms with Crippen LogP contribution in [0, 0.1) is 6.92 Å². The lowest BCUT2D eigenvalue weighted by Gasteiger charge is -2.07. The first kappa shape index (κ1) is 20.8. The molecule has 1 aromatic carbocycles. The molecule has 0 saturated carbocycles. The molecule has 0 saturated heterocycles. The van der Waals surface area contributed by atoms with Crippen molar-refractivity contribution in [3.05, 3.63) is 71.9 Å². The fourth-order valence-corrected chi connectivity index (χ4v) is 2.55. The summed E-state index contributed by atoms with van der Waals surface area (Å²) in [6.45, 7) is 2.99. The number of nitrogens with zero attached hydrogens (tertiary/aromatic N) is 3. The molecule has 0 aliphatic heterocycles. The molecule has 0 bridgehead atoms. The molecule has 0 aliphatic rings. The standard InChI is InChI=1S/C22H24N6O2/c1-16-11-12-23-21(15-16)26-20-9-8-19(27-28-20)24-13-14-25-22(29)10-5-17-3-6-18(30-2)7-4-17/h3-12,15H,13-14H2,1-2H3,(H,24,27)(H,25,29)(H,23,26,28)/b10-5+. The topological polar surface area (TPSA) is 101 Å². The number of amides is 1. The average molecular weight is 404 g/mol. The summed E-state index contributed by atoms with van der Waals surface area (Å²) in [6, 6.07) is 15.0. The number of rotatable bonds is 9. The zero-order valence-electron chi connectivity index (χ0n) is 16.9. The second-order valence-corrected chi connectivity index (χ2v) is 6.47. The molecule has 0 spiro atoms. The Bertz CT molecular complexity index is 987. The molecule has 0 radical (unpaired) electrons. The summed E-state index contributed by atoms with van der Waals surface area (Å²) in [4.78, 5) is 16.1. The van der Waals surface area contributed by atoms with Gasteiger partial charge in [0.1, 0.15) is 17.4 Å². The summed E-state index contributed by atoms with van der Waals surface area (Å²) in [7, 11) is 1.62. The van der Waals surface area contributed by atoms with Crippen LogP contribution in [0.5, 0.6) is 5.75 Å². The van der Waals surface area contributed by atoms with Gasteiger partial charge in [0, 0.05) is 25.4 Å². The van der Waals surface area contributed by atoms with Gasteiger partial charge in [0.05, 0.1) is 7.11 Å². The van der Waals surface area contributed by atoms with Gasteiger partial charge in [-0.15, -0.1) is 10.2 Å². The van der Waals surface area contributed by atoms with Crippen molar-refractivity contribution in [1.29, 1.82) is 0 Å². The molecule has 0 fully saturated rings. The number of hydrogen-bond donors (Lipinski definition) is 3. The number of pyridine rings is 1. The summed E-state index contributed by atoms with van der Waals surface area (Å²) >= 11 is 0. The Labute approximate surface area is 175 Å². The molecule has 2 heterocycles. The van der Waals surface area contributed by atoms with Gasteiger partial charge in [-0.3, -0.25) is 4.79 Å². The number of anilines is 3. The predicted molar refractivity (Wildman–Crippen MR) is 118 cm³/mol. The second-order valence-electron chi connectivity index (χ2n) is 6.47. The predicted octanol–water partition coefficient (Wildman–Crippen LogP) is 3.17. The highest BCUT2D eigenvalue weighted by atomic mass is 16.5. The third-order valence-electron chi connectivity index (χ3n) is 4.11. The number of hydrogen-bond acceptors (Lipinski definition) is 7. The Morgan fingerprint density at radius 2 is 1.77 bits per heavy atom. The Hall–Kier alpha value is -3.94. The van der Waals surface area contributed by atoms with Gasteiger partial charge >= 0.3 is 0 Å². The number of ether oxygens (including phenoxy) is 1. The fraction of sp³-hybridized carbons (Fsp3) is 0.182. The van der Waals surface area contributed by atoms with Crippen molar-refractivity contribution in [2.75, 3.05) is 30.8 Å². The van der Waals surface area contributed by atoms with E-state index in [1.807, 2.05) is 55.5 Å². The molecular weight excluding hydrogens is 380 g/mol. The molecule has 154 valence electrons. The quantitative estimate of drug-likeness (QED) is 0.372. The smallest absolute Gasteiger partial charge is 0.244 e. The van der Waals surface area contributed by atoms with Crippen molar-refractivity contribution >= 4 is 29.4 Å². The van der Waals surface area contributed by atoms with Crippen LogP contribution < -0.4 is 20.7 Å². The fourth-order valence-electron chi connectivity index (χ4n) is 2.55. The third-order valence-corrected chi connectivity index (χ3v) is 4.11. The molecule has 3 aromatic rings. The van der Waals surface area contributed by atoms with E-state index in [0.29, 0.717) is 24.7 Å². The van der Waals surface area contributed by atoms with Crippen molar-refractivity contribution in [2.45, 2.75) is 6.92 Å². The summed E-state index contributed by atoms with van der Waals surface area (Å²) in [5.74, 6) is 2.57. The first-order valence-electron chi connectivity index (χ1n) is 9.49. The highest BCUT2D eigenvalue weighted by molar-refractivity contribution is 5.91. The van der Waals surface area contributed by atoms with Crippen molar-refractivity contribution in [2.24, 2.45) is 0 Å². The SMILES string of the molecule is COc1ccc(/C=C/C(=O)NCCNc2ccc(Nc3cc(C)ccn3)nn2)cc1. The Kier molecular flexibility index (Phi) is 7.32. The van der Waals surface area contributed by atoms with E-state index < -0.39 is 0 Å². The summed E-state index contributed by atoms with van der Waals surface area (Å²) in [5.41, 5.74) is 2.04. The van der Waals surface area contributed by atoms with E-state index in [1.54, 1.807) is 19.4 Å². The van der Waals surface area contributed by atoms with Crippen LogP contribution in [0.4, 0.5) is 17.5 Å². The normalized spacial score (nSPS) is 10.6. The van der Waals surface area contributed by atoms with Crippen molar-refractivity contribution in [3.63, 3.8) is 0 Å². The number of aromatic nitrogens is 3. The summed E-state index contributed by atoms with van der Waals surface area (Å²) < 4.78 is 5.11. The van der Waals surface area contributed by atoms with E-state index in [1.165, 1.54) is 6.08 Å². The minimum atomic E-state index is -0.163. The summed E-state index contributed by atoms with van der Waals surface area (Å²) in [5, 5.41) is 17.3. The first-order valence-corrected chi connectivity index (χ1v) is 9.49. The first-order chi connectivity index (χ1) is 14.6. The highest BCUT2D eigenvalue weighted by Crippen LogP contribution is 2.13. The van der Waals surface area contributed by atoms with Crippen LogP contribution in [0.25, 0.3) is 6.08 Å². The molecule has 0 aliphatic carbocycles. The van der Waals surface area contributed by atoms with Gasteiger partial charge in [0.25, 0.3) is 0 Å². The number of carbonyl (C=O) groups is 1. The van der Waals surface area contributed by atoms with Crippen molar-refractivity contribution in [3.8, 4) is 5.75 Å². The molecule has 3 N–H and O–H groups in total. The molecule has 0 unspecified atom stereocenters. The number of carbonyl (C=O) groups excluding carboxylic acids is 1. The minimum Gasteiger partial charge on any atom is -0.497 e. The van der Waals surface area contributed by atoms with Crippen LogP contribution in [-0.2, 0) is 4.79 Å². The molecular formula is C22H24N6O2. The van der Waals surface area contributed by atoms with Crippen LogP contribution in [0.2, 0.25) is 0 Å². The molecule has 8 heteroatoms. The Balaban J connectivity index is 1.38. The monoisotopic (exact) mass is 404 g/mol. The molecule has 1 amide bonds. The largest absolute Gasteiger partial charge is 0.497 e. The maximum atomic E-state index is 11.9. The zero-order valence-corrected chi connectivity index (χ0v) is 16.9. The number of nitrogens with one attached hydrogen (secondary N) is 3. The van der Waals surface area contributed by atoms with Crippen molar-refractivity contribution in [1.82, 2.24) is 20.5 Å². The average Bonchev–Trinajstić information content (AvgIpc) is 2.77. The molecule has 0 atom stereocenters. The minimum absolute atomic E-state index is 0.163. The number of aryl methyl sites for hydroxylation is 1. The number of methoxy groups -OCH3 is 1. The van der Waals surface area contributed by atoms with Gasteiger partial charge in [-0.05, 0) is 60.5 Å². The van der Waals surface area contributed by atoms with Gasteiger partial charge < -0.3 is 20.7 Å². The van der Waals surface area contributed by atoms with Gasteiger partial charge in [0.2, 0.25) is 5.91 Å². The van der Waals surface area contributed by atoms with E-state index in [-0.39, 0.29) is 5.91 Å². The van der Waals surface area contributed by atoms with E-state index in [9.17, 15) is 4.79 Å². The zero-order chi connectivity index (χ0) is 21.2. The molecule has 8 nitrogen and oxygen atoms in total. The Morgan fingerprint density at radius 1 is 1.00 bits per heavy atom. The van der Waals surface area contributed by atoms with E-state index in [0.717, 1.165) is 22.7 Å². The lowest BCUT2D eigenvalue weighted by molar-refractivity contribution is -0.116. The third kappa shape index (κ3) is 6.59. The molecule has 3 rings (SSSR count). The van der Waals surface area contributed by atoms with E-state index in [2.05, 4.69) is 31.1 Å². The van der Waals surface area contributed by atoms with Crippen LogP contribution in [0.1, 0.15) is 11.1 Å². The van der Waals surface area contributed by atoms with Gasteiger partial charge in [-0.1, -0.05) is 12.1 Å². The lowest BCUT2D eigenvalue weighted by Crippen LogP contribution is -2.27. The van der Waals surface area contributed by atoms with Crippen LogP contribution in [0.3, 0.4) is 0 Å². The summed E-state index contributed by atoms with van der Waals surface area (Å²) in [6.07, 6.45) is 4.99. The van der Waals surface area contributed by atoms with Crippen LogP contribution in [0.15, 0.2) is 60.8 Å². The lowest BCUT2D eigenvalue weighted by atomic mass is 10.2. The molecule has 30 heavy (non-hydrogen) atoms. The van der Waals surface area contributed by atoms with E-state index >= 15 is 0 Å².